The second-order valence-corrected chi connectivity index (χ2v) is 3.15. The molecule has 0 aromatic heterocycles. The van der Waals surface area contributed by atoms with Gasteiger partial charge in [0.2, 0.25) is 0 Å². The van der Waals surface area contributed by atoms with Gasteiger partial charge in [-0.25, -0.2) is 0 Å². The maximum Gasteiger partial charge on any atom is 0.326 e. The molecular formula is C11H11ClO3. The molecule has 80 valence electrons. The number of halogens is 1. The van der Waals surface area contributed by atoms with Gasteiger partial charge in [-0.1, -0.05) is 19.1 Å². The van der Waals surface area contributed by atoms with E-state index < -0.39 is 5.97 Å². The molecule has 4 heteroatoms. The molecule has 0 radical (unpaired) electrons. The minimum absolute atomic E-state index is 0.0621. The second-order valence-electron chi connectivity index (χ2n) is 2.88. The number of benzene rings is 1. The van der Waals surface area contributed by atoms with Gasteiger partial charge >= 0.3 is 5.97 Å². The SMILES string of the molecule is CCC(=O)c1ccccc1OC(=O)CCl. The Morgan fingerprint density at radius 1 is 1.33 bits per heavy atom. The Hall–Kier alpha value is -1.35. The zero-order chi connectivity index (χ0) is 11.3. The largest absolute Gasteiger partial charge is 0.425 e. The monoisotopic (exact) mass is 226 g/mol. The van der Waals surface area contributed by atoms with Crippen molar-refractivity contribution in [3.05, 3.63) is 29.8 Å². The number of Topliss-reactive ketones (excluding diaryl/α,β-unsaturated/α-hetero) is 1. The lowest BCUT2D eigenvalue weighted by Crippen LogP contribution is -2.11. The van der Waals surface area contributed by atoms with Crippen LogP contribution in [0.2, 0.25) is 0 Å². The van der Waals surface area contributed by atoms with Crippen LogP contribution in [-0.2, 0) is 4.79 Å². The molecule has 15 heavy (non-hydrogen) atoms. The average Bonchev–Trinajstić information content (AvgIpc) is 2.28. The third-order valence-corrected chi connectivity index (χ3v) is 2.06. The fraction of sp³-hybridized carbons (Fsp3) is 0.273. The van der Waals surface area contributed by atoms with Crippen LogP contribution >= 0.6 is 11.6 Å². The molecule has 0 saturated carbocycles. The number of rotatable bonds is 4. The van der Waals surface area contributed by atoms with Crippen molar-refractivity contribution in [2.24, 2.45) is 0 Å². The molecule has 0 unspecified atom stereocenters. The highest BCUT2D eigenvalue weighted by Gasteiger charge is 2.12. The molecule has 0 bridgehead atoms. The summed E-state index contributed by atoms with van der Waals surface area (Å²) in [5.41, 5.74) is 0.415. The van der Waals surface area contributed by atoms with Crippen molar-refractivity contribution in [3.63, 3.8) is 0 Å². The van der Waals surface area contributed by atoms with E-state index in [9.17, 15) is 9.59 Å². The lowest BCUT2D eigenvalue weighted by atomic mass is 10.1. The van der Waals surface area contributed by atoms with Crippen LogP contribution in [-0.4, -0.2) is 17.6 Å². The molecule has 0 aliphatic rings. The second kappa shape index (κ2) is 5.51. The van der Waals surface area contributed by atoms with Gasteiger partial charge in [0.1, 0.15) is 11.6 Å². The molecule has 1 aromatic carbocycles. The Kier molecular flexibility index (Phi) is 4.31. The summed E-state index contributed by atoms with van der Waals surface area (Å²) in [6.45, 7) is 1.75. The number of alkyl halides is 1. The van der Waals surface area contributed by atoms with E-state index in [-0.39, 0.29) is 17.4 Å². The van der Waals surface area contributed by atoms with Gasteiger partial charge in [-0.3, -0.25) is 9.59 Å². The van der Waals surface area contributed by atoms with Crippen LogP contribution in [0, 0.1) is 0 Å². The standard InChI is InChI=1S/C11H11ClO3/c1-2-9(13)8-5-3-4-6-10(8)15-11(14)7-12/h3-6H,2,7H2,1H3. The van der Waals surface area contributed by atoms with Crippen molar-refractivity contribution in [2.75, 3.05) is 5.88 Å². The van der Waals surface area contributed by atoms with E-state index in [2.05, 4.69) is 0 Å². The fourth-order valence-corrected chi connectivity index (χ4v) is 1.18. The van der Waals surface area contributed by atoms with Crippen LogP contribution in [0.5, 0.6) is 5.75 Å². The molecule has 1 rings (SSSR count). The molecule has 0 fully saturated rings. The number of hydrogen-bond acceptors (Lipinski definition) is 3. The van der Waals surface area contributed by atoms with E-state index >= 15 is 0 Å². The van der Waals surface area contributed by atoms with Gasteiger partial charge in [-0.05, 0) is 12.1 Å². The Balaban J connectivity index is 2.96. The van der Waals surface area contributed by atoms with Gasteiger partial charge in [-0.2, -0.15) is 0 Å². The highest BCUT2D eigenvalue weighted by Crippen LogP contribution is 2.19. The van der Waals surface area contributed by atoms with Crippen molar-refractivity contribution >= 4 is 23.4 Å². The van der Waals surface area contributed by atoms with Gasteiger partial charge in [0.05, 0.1) is 5.56 Å². The molecular weight excluding hydrogens is 216 g/mol. The Morgan fingerprint density at radius 3 is 2.60 bits per heavy atom. The van der Waals surface area contributed by atoms with Gasteiger partial charge in [0, 0.05) is 6.42 Å². The van der Waals surface area contributed by atoms with Crippen LogP contribution in [0.25, 0.3) is 0 Å². The van der Waals surface area contributed by atoms with Crippen LogP contribution in [0.4, 0.5) is 0 Å². The van der Waals surface area contributed by atoms with Gasteiger partial charge in [0.25, 0.3) is 0 Å². The van der Waals surface area contributed by atoms with Crippen LogP contribution in [0.1, 0.15) is 23.7 Å². The molecule has 0 amide bonds. The zero-order valence-electron chi connectivity index (χ0n) is 8.33. The maximum atomic E-state index is 11.5. The molecule has 0 aliphatic carbocycles. The first-order valence-electron chi connectivity index (χ1n) is 4.58. The smallest absolute Gasteiger partial charge is 0.326 e. The normalized spacial score (nSPS) is 9.73. The zero-order valence-corrected chi connectivity index (χ0v) is 9.08. The van der Waals surface area contributed by atoms with Crippen molar-refractivity contribution in [2.45, 2.75) is 13.3 Å². The lowest BCUT2D eigenvalue weighted by molar-refractivity contribution is -0.131. The summed E-state index contributed by atoms with van der Waals surface area (Å²) in [4.78, 5) is 22.5. The number of carbonyl (C=O) groups is 2. The molecule has 0 atom stereocenters. The third kappa shape index (κ3) is 3.06. The molecule has 0 heterocycles. The summed E-state index contributed by atoms with van der Waals surface area (Å²) >= 11 is 5.31. The summed E-state index contributed by atoms with van der Waals surface area (Å²) in [6, 6.07) is 6.63. The summed E-state index contributed by atoms with van der Waals surface area (Å²) in [5, 5.41) is 0. The van der Waals surface area contributed by atoms with E-state index in [1.807, 2.05) is 0 Å². The van der Waals surface area contributed by atoms with E-state index in [4.69, 9.17) is 16.3 Å². The summed E-state index contributed by atoms with van der Waals surface area (Å²) in [5.74, 6) is -0.578. The van der Waals surface area contributed by atoms with Crippen molar-refractivity contribution in [1.29, 1.82) is 0 Å². The van der Waals surface area contributed by atoms with Gasteiger partial charge in [0.15, 0.2) is 5.78 Å². The van der Waals surface area contributed by atoms with Crippen molar-refractivity contribution in [3.8, 4) is 5.75 Å². The van der Waals surface area contributed by atoms with E-state index in [0.717, 1.165) is 0 Å². The fourth-order valence-electron chi connectivity index (χ4n) is 1.13. The number of esters is 1. The highest BCUT2D eigenvalue weighted by molar-refractivity contribution is 6.26. The van der Waals surface area contributed by atoms with Gasteiger partial charge in [-0.15, -0.1) is 11.6 Å². The summed E-state index contributed by atoms with van der Waals surface area (Å²) < 4.78 is 4.93. The van der Waals surface area contributed by atoms with E-state index in [1.54, 1.807) is 31.2 Å². The summed E-state index contributed by atoms with van der Waals surface area (Å²) in [6.07, 6.45) is 0.370. The van der Waals surface area contributed by atoms with Gasteiger partial charge < -0.3 is 4.74 Å². The first kappa shape index (κ1) is 11.7. The Bertz CT molecular complexity index is 374. The molecule has 1 aromatic rings. The topological polar surface area (TPSA) is 43.4 Å². The quantitative estimate of drug-likeness (QED) is 0.343. The predicted octanol–water partition coefficient (Wildman–Crippen LogP) is 2.42. The molecule has 0 saturated heterocycles. The number of para-hydroxylation sites is 1. The van der Waals surface area contributed by atoms with Crippen LogP contribution in [0.15, 0.2) is 24.3 Å². The number of carbonyl (C=O) groups excluding carboxylic acids is 2. The van der Waals surface area contributed by atoms with E-state index in [0.29, 0.717) is 12.0 Å². The average molecular weight is 227 g/mol. The Morgan fingerprint density at radius 2 is 2.00 bits per heavy atom. The molecule has 0 spiro atoms. The minimum atomic E-state index is -0.562. The third-order valence-electron chi connectivity index (χ3n) is 1.84. The van der Waals surface area contributed by atoms with Crippen molar-refractivity contribution < 1.29 is 14.3 Å². The first-order chi connectivity index (χ1) is 7.19. The maximum absolute atomic E-state index is 11.5. The number of ketones is 1. The van der Waals surface area contributed by atoms with Crippen molar-refractivity contribution in [1.82, 2.24) is 0 Å². The van der Waals surface area contributed by atoms with E-state index in [1.165, 1.54) is 0 Å². The predicted molar refractivity (Wildman–Crippen MR) is 57.4 cm³/mol. The Labute approximate surface area is 93.0 Å². The lowest BCUT2D eigenvalue weighted by Gasteiger charge is -2.06. The molecule has 0 aliphatic heterocycles. The molecule has 3 nitrogen and oxygen atoms in total. The minimum Gasteiger partial charge on any atom is -0.425 e. The van der Waals surface area contributed by atoms with Crippen LogP contribution in [0.3, 0.4) is 0 Å². The van der Waals surface area contributed by atoms with Crippen LogP contribution < -0.4 is 4.74 Å². The first-order valence-corrected chi connectivity index (χ1v) is 5.11. The number of ether oxygens (including phenoxy) is 1. The highest BCUT2D eigenvalue weighted by atomic mass is 35.5. The molecule has 0 N–H and O–H groups in total. The number of hydrogen-bond donors (Lipinski definition) is 0. The summed E-state index contributed by atoms with van der Waals surface area (Å²) in [7, 11) is 0.